The Labute approximate surface area is 185 Å². The van der Waals surface area contributed by atoms with Gasteiger partial charge in [0.05, 0.1) is 18.1 Å². The van der Waals surface area contributed by atoms with E-state index in [0.717, 1.165) is 54.4 Å². The number of nitrogen functional groups attached to an aromatic ring is 1. The van der Waals surface area contributed by atoms with Crippen molar-refractivity contribution >= 4 is 11.8 Å². The third kappa shape index (κ3) is 4.00. The Morgan fingerprint density at radius 1 is 0.781 bits per heavy atom. The van der Waals surface area contributed by atoms with Crippen molar-refractivity contribution in [2.45, 2.75) is 0 Å². The molecule has 0 radical (unpaired) electrons. The molecular formula is C24H22FN7. The highest BCUT2D eigenvalue weighted by atomic mass is 19.1. The third-order valence-electron chi connectivity index (χ3n) is 5.50. The Bertz CT molecular complexity index is 1220. The third-order valence-corrected chi connectivity index (χ3v) is 5.50. The van der Waals surface area contributed by atoms with Gasteiger partial charge in [0.15, 0.2) is 0 Å². The molecule has 0 bridgehead atoms. The number of benzene rings is 2. The normalized spacial score (nSPS) is 13.8. The van der Waals surface area contributed by atoms with Crippen LogP contribution in [-0.4, -0.2) is 46.1 Å². The lowest BCUT2D eigenvalue weighted by Crippen LogP contribution is -2.44. The predicted octanol–water partition coefficient (Wildman–Crippen LogP) is 3.40. The molecular weight excluding hydrogens is 405 g/mol. The average Bonchev–Trinajstić information content (AvgIpc) is 2.85. The maximum Gasteiger partial charge on any atom is 0.225 e. The summed E-state index contributed by atoms with van der Waals surface area (Å²) in [5.41, 5.74) is 9.89. The Kier molecular flexibility index (Phi) is 5.43. The van der Waals surface area contributed by atoms with Crippen LogP contribution in [0.1, 0.15) is 0 Å². The molecule has 0 amide bonds. The summed E-state index contributed by atoms with van der Waals surface area (Å²) in [4.78, 5) is 19.5. The van der Waals surface area contributed by atoms with Crippen molar-refractivity contribution in [2.24, 2.45) is 0 Å². The summed E-state index contributed by atoms with van der Waals surface area (Å²) in [7, 11) is 0. The number of nitrogens with one attached hydrogen (secondary N) is 1. The molecule has 8 heteroatoms. The molecule has 0 aliphatic carbocycles. The number of rotatable bonds is 4. The molecule has 0 spiro atoms. The van der Waals surface area contributed by atoms with Gasteiger partial charge in [0, 0.05) is 49.7 Å². The van der Waals surface area contributed by atoms with Crippen LogP contribution in [0, 0.1) is 5.82 Å². The topological polar surface area (TPSA) is 92.8 Å². The van der Waals surface area contributed by atoms with Crippen LogP contribution < -0.4 is 16.0 Å². The van der Waals surface area contributed by atoms with Crippen LogP contribution in [-0.2, 0) is 0 Å². The molecule has 3 N–H and O–H groups in total. The first-order valence-corrected chi connectivity index (χ1v) is 10.4. The molecule has 1 saturated heterocycles. The minimum atomic E-state index is -0.373. The predicted molar refractivity (Wildman–Crippen MR) is 123 cm³/mol. The molecule has 3 heterocycles. The second-order valence-electron chi connectivity index (χ2n) is 7.58. The maximum atomic E-state index is 15.0. The van der Waals surface area contributed by atoms with Gasteiger partial charge in [-0.3, -0.25) is 4.98 Å². The smallest absolute Gasteiger partial charge is 0.225 e. The van der Waals surface area contributed by atoms with Crippen LogP contribution in [0.4, 0.5) is 16.2 Å². The van der Waals surface area contributed by atoms with Gasteiger partial charge in [-0.2, -0.15) is 0 Å². The Hall–Kier alpha value is -3.91. The lowest BCUT2D eigenvalue weighted by Gasteiger charge is -2.27. The van der Waals surface area contributed by atoms with E-state index in [1.807, 2.05) is 42.7 Å². The van der Waals surface area contributed by atoms with Gasteiger partial charge >= 0.3 is 0 Å². The largest absolute Gasteiger partial charge is 0.382 e. The maximum absolute atomic E-state index is 15.0. The summed E-state index contributed by atoms with van der Waals surface area (Å²) in [6.45, 7) is 3.63. The number of hydrogen-bond acceptors (Lipinski definition) is 7. The molecule has 5 rings (SSSR count). The monoisotopic (exact) mass is 427 g/mol. The second-order valence-corrected chi connectivity index (χ2v) is 7.58. The van der Waals surface area contributed by atoms with E-state index in [1.54, 1.807) is 6.07 Å². The number of nitrogens with zero attached hydrogens (tertiary/aromatic N) is 5. The van der Waals surface area contributed by atoms with Gasteiger partial charge in [-0.15, -0.1) is 0 Å². The first-order chi connectivity index (χ1) is 15.7. The van der Waals surface area contributed by atoms with E-state index in [0.29, 0.717) is 17.1 Å². The van der Waals surface area contributed by atoms with E-state index in [9.17, 15) is 4.39 Å². The van der Waals surface area contributed by atoms with E-state index in [4.69, 9.17) is 5.73 Å². The quantitative estimate of drug-likeness (QED) is 0.516. The number of halogens is 1. The summed E-state index contributed by atoms with van der Waals surface area (Å²) in [5, 5.41) is 3.33. The van der Waals surface area contributed by atoms with Crippen molar-refractivity contribution in [3.8, 4) is 33.5 Å². The molecule has 0 unspecified atom stereocenters. The van der Waals surface area contributed by atoms with Crippen LogP contribution in [0.5, 0.6) is 0 Å². The van der Waals surface area contributed by atoms with Gasteiger partial charge in [0.2, 0.25) is 5.95 Å². The molecule has 1 aliphatic rings. The minimum absolute atomic E-state index is 0.296. The molecule has 2 aromatic heterocycles. The highest BCUT2D eigenvalue weighted by Crippen LogP contribution is 2.34. The van der Waals surface area contributed by atoms with Crippen molar-refractivity contribution in [3.63, 3.8) is 0 Å². The van der Waals surface area contributed by atoms with Gasteiger partial charge in [-0.25, -0.2) is 19.3 Å². The zero-order valence-corrected chi connectivity index (χ0v) is 17.4. The Morgan fingerprint density at radius 3 is 2.16 bits per heavy atom. The molecule has 0 atom stereocenters. The van der Waals surface area contributed by atoms with Gasteiger partial charge in [-0.05, 0) is 28.8 Å². The van der Waals surface area contributed by atoms with Crippen molar-refractivity contribution in [2.75, 3.05) is 36.8 Å². The van der Waals surface area contributed by atoms with Crippen LogP contribution in [0.2, 0.25) is 0 Å². The molecule has 32 heavy (non-hydrogen) atoms. The summed E-state index contributed by atoms with van der Waals surface area (Å²) in [6.07, 6.45) is 6.55. The van der Waals surface area contributed by atoms with Crippen molar-refractivity contribution < 1.29 is 4.39 Å². The lowest BCUT2D eigenvalue weighted by molar-refractivity contribution is 0.580. The van der Waals surface area contributed by atoms with Gasteiger partial charge in [-0.1, -0.05) is 30.3 Å². The fourth-order valence-electron chi connectivity index (χ4n) is 3.84. The van der Waals surface area contributed by atoms with Crippen molar-refractivity contribution in [3.05, 3.63) is 73.1 Å². The molecule has 160 valence electrons. The molecule has 7 nitrogen and oxygen atoms in total. The fraction of sp³-hybridized carbons (Fsp3) is 0.167. The second kappa shape index (κ2) is 8.68. The van der Waals surface area contributed by atoms with Crippen molar-refractivity contribution in [1.29, 1.82) is 0 Å². The number of aromatic nitrogens is 4. The van der Waals surface area contributed by atoms with E-state index in [1.165, 1.54) is 18.5 Å². The number of nitrogens with two attached hydrogens (primary N) is 1. The summed E-state index contributed by atoms with van der Waals surface area (Å²) >= 11 is 0. The van der Waals surface area contributed by atoms with E-state index >= 15 is 0 Å². The molecule has 1 aliphatic heterocycles. The van der Waals surface area contributed by atoms with Crippen LogP contribution in [0.3, 0.4) is 0 Å². The molecule has 2 aromatic carbocycles. The lowest BCUT2D eigenvalue weighted by atomic mass is 9.95. The number of anilines is 2. The summed E-state index contributed by atoms with van der Waals surface area (Å²) in [6, 6.07) is 13.0. The molecule has 0 saturated carbocycles. The first kappa shape index (κ1) is 20.0. The summed E-state index contributed by atoms with van der Waals surface area (Å²) in [5.74, 6) is 0.652. The highest BCUT2D eigenvalue weighted by molar-refractivity contribution is 5.83. The van der Waals surface area contributed by atoms with E-state index in [2.05, 4.69) is 30.2 Å². The van der Waals surface area contributed by atoms with Crippen LogP contribution in [0.15, 0.2) is 67.3 Å². The van der Waals surface area contributed by atoms with Gasteiger partial charge < -0.3 is 16.0 Å². The van der Waals surface area contributed by atoms with Crippen LogP contribution >= 0.6 is 0 Å². The standard InChI is InChI=1S/C24H22FN7/c25-21-11-16(5-6-20(21)22-14-29-23(26)15-28-22)18-3-1-2-4-19(18)17-12-30-24(31-13-17)32-9-7-27-8-10-32/h1-6,11-15,27H,7-10H2,(H2,26,29). The number of piperazine rings is 1. The zero-order valence-electron chi connectivity index (χ0n) is 17.4. The van der Waals surface area contributed by atoms with E-state index < -0.39 is 0 Å². The first-order valence-electron chi connectivity index (χ1n) is 10.4. The zero-order chi connectivity index (χ0) is 21.9. The molecule has 4 aromatic rings. The van der Waals surface area contributed by atoms with Gasteiger partial charge in [0.25, 0.3) is 0 Å². The summed E-state index contributed by atoms with van der Waals surface area (Å²) < 4.78 is 15.0. The fourth-order valence-corrected chi connectivity index (χ4v) is 3.84. The average molecular weight is 427 g/mol. The molecule has 1 fully saturated rings. The number of hydrogen-bond donors (Lipinski definition) is 2. The van der Waals surface area contributed by atoms with Gasteiger partial charge in [0.1, 0.15) is 11.6 Å². The van der Waals surface area contributed by atoms with E-state index in [-0.39, 0.29) is 5.82 Å². The van der Waals surface area contributed by atoms with Crippen molar-refractivity contribution in [1.82, 2.24) is 25.3 Å². The SMILES string of the molecule is Nc1cnc(-c2ccc(-c3ccccc3-c3cnc(N4CCNCC4)nc3)cc2F)cn1. The Balaban J connectivity index is 1.47. The minimum Gasteiger partial charge on any atom is -0.382 e. The highest BCUT2D eigenvalue weighted by Gasteiger charge is 2.15. The Morgan fingerprint density at radius 2 is 1.50 bits per heavy atom. The van der Waals surface area contributed by atoms with Crippen LogP contribution in [0.25, 0.3) is 33.5 Å².